The van der Waals surface area contributed by atoms with Gasteiger partial charge in [-0.05, 0) is 24.3 Å². The second kappa shape index (κ2) is 6.93. The van der Waals surface area contributed by atoms with Gasteiger partial charge in [0.15, 0.2) is 0 Å². The van der Waals surface area contributed by atoms with E-state index in [2.05, 4.69) is 45.9 Å². The Morgan fingerprint density at radius 1 is 1.26 bits per heavy atom. The smallest absolute Gasteiger partial charge is 0.225 e. The molecule has 1 aliphatic rings. The maximum atomic E-state index is 4.56. The van der Waals surface area contributed by atoms with E-state index in [1.165, 1.54) is 22.7 Å². The molecule has 124 valence electrons. The predicted molar refractivity (Wildman–Crippen MR) is 94.9 cm³/mol. The van der Waals surface area contributed by atoms with E-state index >= 15 is 0 Å². The van der Waals surface area contributed by atoms with Gasteiger partial charge in [0.2, 0.25) is 5.95 Å². The van der Waals surface area contributed by atoms with Crippen molar-refractivity contribution in [2.75, 3.05) is 18.0 Å². The van der Waals surface area contributed by atoms with Gasteiger partial charge in [-0.1, -0.05) is 20.8 Å². The maximum absolute atomic E-state index is 4.56. The molecule has 1 unspecified atom stereocenters. The lowest BCUT2D eigenvalue weighted by Crippen LogP contribution is -2.46. The third-order valence-corrected chi connectivity index (χ3v) is 5.51. The molecule has 1 aliphatic heterocycles. The number of aromatic nitrogens is 3. The molecule has 5 nitrogen and oxygen atoms in total. The Kier molecular flexibility index (Phi) is 4.92. The van der Waals surface area contributed by atoms with Crippen LogP contribution in [0.1, 0.15) is 43.5 Å². The van der Waals surface area contributed by atoms with Gasteiger partial charge in [-0.3, -0.25) is 0 Å². The summed E-state index contributed by atoms with van der Waals surface area (Å²) in [5.41, 5.74) is 0.183. The third kappa shape index (κ3) is 4.26. The molecular weight excluding hydrogens is 306 g/mol. The Hall–Kier alpha value is -1.53. The van der Waals surface area contributed by atoms with Crippen LogP contribution in [0.25, 0.3) is 0 Å². The minimum Gasteiger partial charge on any atom is -0.339 e. The topological polar surface area (TPSA) is 53.9 Å². The standard InChI is InChI=1S/C17H25N5S/c1-17(2,3)14-10-21-15(23-14)11-20-13-6-4-9-22(12-13)16-18-7-5-8-19-16/h5,7-8,10,13,20H,4,6,9,11-12H2,1-3H3. The van der Waals surface area contributed by atoms with Crippen LogP contribution in [0.5, 0.6) is 0 Å². The quantitative estimate of drug-likeness (QED) is 0.933. The van der Waals surface area contributed by atoms with Gasteiger partial charge in [0.05, 0.1) is 0 Å². The first-order chi connectivity index (χ1) is 11.0. The van der Waals surface area contributed by atoms with Gasteiger partial charge in [-0.2, -0.15) is 0 Å². The van der Waals surface area contributed by atoms with Crippen LogP contribution >= 0.6 is 11.3 Å². The third-order valence-electron chi connectivity index (χ3n) is 4.09. The van der Waals surface area contributed by atoms with Crippen LogP contribution in [-0.2, 0) is 12.0 Å². The van der Waals surface area contributed by atoms with Crippen molar-refractivity contribution in [2.45, 2.75) is 51.6 Å². The zero-order chi connectivity index (χ0) is 16.3. The van der Waals surface area contributed by atoms with Crippen LogP contribution in [-0.4, -0.2) is 34.1 Å². The fourth-order valence-electron chi connectivity index (χ4n) is 2.75. The number of thiazole rings is 1. The molecule has 6 heteroatoms. The molecule has 3 heterocycles. The lowest BCUT2D eigenvalue weighted by molar-refractivity contribution is 0.418. The number of nitrogens with one attached hydrogen (secondary N) is 1. The molecule has 3 rings (SSSR count). The van der Waals surface area contributed by atoms with Crippen LogP contribution < -0.4 is 10.2 Å². The fraction of sp³-hybridized carbons (Fsp3) is 0.588. The summed E-state index contributed by atoms with van der Waals surface area (Å²) < 4.78 is 0. The predicted octanol–water partition coefficient (Wildman–Crippen LogP) is 2.99. The van der Waals surface area contributed by atoms with E-state index in [1.54, 1.807) is 0 Å². The summed E-state index contributed by atoms with van der Waals surface area (Å²) in [7, 11) is 0. The van der Waals surface area contributed by atoms with Gasteiger partial charge in [0.25, 0.3) is 0 Å². The van der Waals surface area contributed by atoms with Crippen molar-refractivity contribution in [1.82, 2.24) is 20.3 Å². The summed E-state index contributed by atoms with van der Waals surface area (Å²) in [4.78, 5) is 16.9. The maximum Gasteiger partial charge on any atom is 0.225 e. The highest BCUT2D eigenvalue weighted by Gasteiger charge is 2.22. The Morgan fingerprint density at radius 2 is 2.04 bits per heavy atom. The lowest BCUT2D eigenvalue weighted by Gasteiger charge is -2.33. The molecule has 1 N–H and O–H groups in total. The van der Waals surface area contributed by atoms with Gasteiger partial charge in [0.1, 0.15) is 5.01 Å². The number of nitrogens with zero attached hydrogens (tertiary/aromatic N) is 4. The van der Waals surface area contributed by atoms with Gasteiger partial charge in [-0.25, -0.2) is 15.0 Å². The molecule has 0 radical (unpaired) electrons. The molecular formula is C17H25N5S. The molecule has 1 atom stereocenters. The van der Waals surface area contributed by atoms with Gasteiger partial charge in [-0.15, -0.1) is 11.3 Å². The van der Waals surface area contributed by atoms with Crippen molar-refractivity contribution in [2.24, 2.45) is 0 Å². The van der Waals surface area contributed by atoms with E-state index in [4.69, 9.17) is 0 Å². The number of anilines is 1. The monoisotopic (exact) mass is 331 g/mol. The van der Waals surface area contributed by atoms with E-state index in [-0.39, 0.29) is 5.41 Å². The van der Waals surface area contributed by atoms with Crippen molar-refractivity contribution >= 4 is 17.3 Å². The number of hydrogen-bond donors (Lipinski definition) is 1. The molecule has 0 amide bonds. The first-order valence-corrected chi connectivity index (χ1v) is 9.04. The highest BCUT2D eigenvalue weighted by atomic mass is 32.1. The average Bonchev–Trinajstić information content (AvgIpc) is 3.03. The zero-order valence-electron chi connectivity index (χ0n) is 14.1. The van der Waals surface area contributed by atoms with Crippen molar-refractivity contribution < 1.29 is 0 Å². The van der Waals surface area contributed by atoms with Crippen molar-refractivity contribution in [3.63, 3.8) is 0 Å². The second-order valence-corrected chi connectivity index (χ2v) is 8.20. The summed E-state index contributed by atoms with van der Waals surface area (Å²) >= 11 is 1.81. The summed E-state index contributed by atoms with van der Waals surface area (Å²) in [6, 6.07) is 2.33. The molecule has 0 bridgehead atoms. The Balaban J connectivity index is 1.55. The molecule has 0 saturated carbocycles. The van der Waals surface area contributed by atoms with E-state index in [9.17, 15) is 0 Å². The number of hydrogen-bond acceptors (Lipinski definition) is 6. The molecule has 0 aliphatic carbocycles. The molecule has 2 aromatic rings. The normalized spacial score (nSPS) is 19.1. The number of rotatable bonds is 4. The van der Waals surface area contributed by atoms with Crippen LogP contribution in [0, 0.1) is 0 Å². The van der Waals surface area contributed by atoms with Crippen LogP contribution in [0.4, 0.5) is 5.95 Å². The molecule has 1 saturated heterocycles. The highest BCUT2D eigenvalue weighted by molar-refractivity contribution is 7.11. The molecule has 0 aromatic carbocycles. The SMILES string of the molecule is CC(C)(C)c1cnc(CNC2CCCN(c3ncccn3)C2)s1. The molecule has 23 heavy (non-hydrogen) atoms. The van der Waals surface area contributed by atoms with Crippen molar-refractivity contribution in [3.8, 4) is 0 Å². The minimum absolute atomic E-state index is 0.183. The summed E-state index contributed by atoms with van der Waals surface area (Å²) in [6.45, 7) is 9.54. The van der Waals surface area contributed by atoms with Crippen molar-refractivity contribution in [1.29, 1.82) is 0 Å². The molecule has 1 fully saturated rings. The molecule has 2 aromatic heterocycles. The van der Waals surface area contributed by atoms with Crippen LogP contribution in [0.15, 0.2) is 24.7 Å². The summed E-state index contributed by atoms with van der Waals surface area (Å²) in [6.07, 6.45) is 8.00. The Morgan fingerprint density at radius 3 is 2.74 bits per heavy atom. The lowest BCUT2D eigenvalue weighted by atomic mass is 9.96. The van der Waals surface area contributed by atoms with Crippen LogP contribution in [0.3, 0.4) is 0 Å². The van der Waals surface area contributed by atoms with Gasteiger partial charge in [0, 0.05) is 49.1 Å². The van der Waals surface area contributed by atoms with Gasteiger partial charge < -0.3 is 10.2 Å². The van der Waals surface area contributed by atoms with Crippen LogP contribution in [0.2, 0.25) is 0 Å². The zero-order valence-corrected chi connectivity index (χ0v) is 14.9. The average molecular weight is 331 g/mol. The Bertz CT molecular complexity index is 619. The number of piperidine rings is 1. The van der Waals surface area contributed by atoms with E-state index in [0.29, 0.717) is 6.04 Å². The van der Waals surface area contributed by atoms with E-state index in [0.717, 1.165) is 25.6 Å². The summed E-state index contributed by atoms with van der Waals surface area (Å²) in [5, 5.41) is 4.82. The minimum atomic E-state index is 0.183. The first kappa shape index (κ1) is 16.3. The van der Waals surface area contributed by atoms with Crippen molar-refractivity contribution in [3.05, 3.63) is 34.5 Å². The molecule has 0 spiro atoms. The Labute approximate surface area is 142 Å². The second-order valence-electron chi connectivity index (χ2n) is 7.08. The largest absolute Gasteiger partial charge is 0.339 e. The van der Waals surface area contributed by atoms with Gasteiger partial charge >= 0.3 is 0 Å². The van der Waals surface area contributed by atoms with E-state index < -0.39 is 0 Å². The summed E-state index contributed by atoms with van der Waals surface area (Å²) in [5.74, 6) is 0.836. The highest BCUT2D eigenvalue weighted by Crippen LogP contribution is 2.27. The first-order valence-electron chi connectivity index (χ1n) is 8.23. The van der Waals surface area contributed by atoms with E-state index in [1.807, 2.05) is 36.0 Å². The fourth-order valence-corrected chi connectivity index (χ4v) is 3.68.